The fourth-order valence-corrected chi connectivity index (χ4v) is 3.57. The summed E-state index contributed by atoms with van der Waals surface area (Å²) in [5.41, 5.74) is 4.24. The number of hydrogen-bond donors (Lipinski definition) is 1. The molecule has 1 aromatic heterocycles. The molecule has 2 aromatic carbocycles. The third kappa shape index (κ3) is 3.74. The zero-order valence-corrected chi connectivity index (χ0v) is 15.7. The van der Waals surface area contributed by atoms with Gasteiger partial charge in [-0.1, -0.05) is 12.1 Å². The van der Waals surface area contributed by atoms with E-state index in [-0.39, 0.29) is 5.91 Å². The van der Waals surface area contributed by atoms with Gasteiger partial charge in [-0.25, -0.2) is 4.98 Å². The van der Waals surface area contributed by atoms with Crippen molar-refractivity contribution in [1.29, 1.82) is 0 Å². The smallest absolute Gasteiger partial charge is 0.227 e. The molecule has 6 nitrogen and oxygen atoms in total. The van der Waals surface area contributed by atoms with E-state index in [0.29, 0.717) is 6.42 Å². The predicted octanol–water partition coefficient (Wildman–Crippen LogP) is 2.77. The number of methoxy groups -OCH3 is 1. The van der Waals surface area contributed by atoms with Crippen LogP contribution in [0.2, 0.25) is 0 Å². The zero-order chi connectivity index (χ0) is 18.8. The molecule has 0 radical (unpaired) electrons. The topological polar surface area (TPSA) is 61.5 Å². The SMILES string of the molecule is COc1ccc(CC(=O)N2CCN(c3ccc4nc(C)[nH]c4c3)CC2)cc1. The van der Waals surface area contributed by atoms with Crippen LogP contribution >= 0.6 is 0 Å². The van der Waals surface area contributed by atoms with Gasteiger partial charge in [-0.3, -0.25) is 4.79 Å². The number of rotatable bonds is 4. The van der Waals surface area contributed by atoms with Gasteiger partial charge in [-0.05, 0) is 42.8 Å². The van der Waals surface area contributed by atoms with Crippen LogP contribution < -0.4 is 9.64 Å². The molecule has 1 aliphatic rings. The first-order valence-electron chi connectivity index (χ1n) is 9.24. The summed E-state index contributed by atoms with van der Waals surface area (Å²) in [5, 5.41) is 0. The molecule has 140 valence electrons. The number of amides is 1. The molecule has 6 heteroatoms. The van der Waals surface area contributed by atoms with E-state index < -0.39 is 0 Å². The van der Waals surface area contributed by atoms with Crippen molar-refractivity contribution in [3.05, 3.63) is 53.9 Å². The number of aromatic nitrogens is 2. The number of hydrogen-bond acceptors (Lipinski definition) is 4. The first-order chi connectivity index (χ1) is 13.1. The Kier molecular flexibility index (Phi) is 4.71. The first-order valence-corrected chi connectivity index (χ1v) is 9.24. The van der Waals surface area contributed by atoms with Crippen molar-refractivity contribution in [2.45, 2.75) is 13.3 Å². The minimum absolute atomic E-state index is 0.180. The number of aryl methyl sites for hydroxylation is 1. The van der Waals surface area contributed by atoms with Crippen LogP contribution in [0.5, 0.6) is 5.75 Å². The number of carbonyl (C=O) groups is 1. The Balaban J connectivity index is 1.36. The van der Waals surface area contributed by atoms with Crippen LogP contribution in [0.25, 0.3) is 11.0 Å². The van der Waals surface area contributed by atoms with Crippen molar-refractivity contribution in [2.24, 2.45) is 0 Å². The standard InChI is InChI=1S/C21H24N4O2/c1-15-22-19-8-5-17(14-20(19)23-15)24-9-11-25(12-10-24)21(26)13-16-3-6-18(27-2)7-4-16/h3-8,14H,9-13H2,1-2H3,(H,22,23). The molecule has 0 spiro atoms. The third-order valence-corrected chi connectivity index (χ3v) is 5.10. The van der Waals surface area contributed by atoms with Gasteiger partial charge in [0.05, 0.1) is 24.6 Å². The minimum atomic E-state index is 0.180. The van der Waals surface area contributed by atoms with Crippen molar-refractivity contribution >= 4 is 22.6 Å². The lowest BCUT2D eigenvalue weighted by Crippen LogP contribution is -2.49. The maximum atomic E-state index is 12.6. The summed E-state index contributed by atoms with van der Waals surface area (Å²) >= 11 is 0. The van der Waals surface area contributed by atoms with Crippen LogP contribution in [0.15, 0.2) is 42.5 Å². The van der Waals surface area contributed by atoms with Gasteiger partial charge >= 0.3 is 0 Å². The fraction of sp³-hybridized carbons (Fsp3) is 0.333. The highest BCUT2D eigenvalue weighted by molar-refractivity contribution is 5.81. The predicted molar refractivity (Wildman–Crippen MR) is 106 cm³/mol. The van der Waals surface area contributed by atoms with Crippen molar-refractivity contribution in [3.63, 3.8) is 0 Å². The number of anilines is 1. The number of nitrogens with one attached hydrogen (secondary N) is 1. The van der Waals surface area contributed by atoms with E-state index in [4.69, 9.17) is 4.74 Å². The molecule has 1 saturated heterocycles. The first kappa shape index (κ1) is 17.4. The molecule has 1 fully saturated rings. The second kappa shape index (κ2) is 7.31. The summed E-state index contributed by atoms with van der Waals surface area (Å²) in [4.78, 5) is 24.6. The molecule has 4 rings (SSSR count). The Morgan fingerprint density at radius 3 is 2.56 bits per heavy atom. The summed E-state index contributed by atoms with van der Waals surface area (Å²) in [7, 11) is 1.64. The second-order valence-electron chi connectivity index (χ2n) is 6.92. The Labute approximate surface area is 158 Å². The number of piperazine rings is 1. The monoisotopic (exact) mass is 364 g/mol. The normalized spacial score (nSPS) is 14.6. The summed E-state index contributed by atoms with van der Waals surface area (Å²) in [6, 6.07) is 14.0. The van der Waals surface area contributed by atoms with Crippen LogP contribution in [0.3, 0.4) is 0 Å². The van der Waals surface area contributed by atoms with Gasteiger partial charge < -0.3 is 19.5 Å². The van der Waals surface area contributed by atoms with E-state index in [1.54, 1.807) is 7.11 Å². The average Bonchev–Trinajstić information content (AvgIpc) is 3.08. The summed E-state index contributed by atoms with van der Waals surface area (Å²) in [6.45, 7) is 5.14. The number of H-pyrrole nitrogens is 1. The van der Waals surface area contributed by atoms with Gasteiger partial charge in [0, 0.05) is 31.9 Å². The van der Waals surface area contributed by atoms with Crippen molar-refractivity contribution in [1.82, 2.24) is 14.9 Å². The van der Waals surface area contributed by atoms with E-state index in [1.807, 2.05) is 36.1 Å². The minimum Gasteiger partial charge on any atom is -0.497 e. The molecular formula is C21H24N4O2. The van der Waals surface area contributed by atoms with Gasteiger partial charge in [0.15, 0.2) is 0 Å². The Morgan fingerprint density at radius 2 is 1.85 bits per heavy atom. The number of ether oxygens (including phenoxy) is 1. The highest BCUT2D eigenvalue weighted by Gasteiger charge is 2.21. The molecular weight excluding hydrogens is 340 g/mol. The van der Waals surface area contributed by atoms with Crippen LogP contribution in [0.1, 0.15) is 11.4 Å². The van der Waals surface area contributed by atoms with E-state index in [0.717, 1.165) is 54.3 Å². The number of benzene rings is 2. The quantitative estimate of drug-likeness (QED) is 0.773. The van der Waals surface area contributed by atoms with Crippen molar-refractivity contribution < 1.29 is 9.53 Å². The summed E-state index contributed by atoms with van der Waals surface area (Å²) in [6.07, 6.45) is 0.434. The Hall–Kier alpha value is -3.02. The van der Waals surface area contributed by atoms with E-state index >= 15 is 0 Å². The van der Waals surface area contributed by atoms with Crippen LogP contribution in [0, 0.1) is 6.92 Å². The third-order valence-electron chi connectivity index (χ3n) is 5.10. The highest BCUT2D eigenvalue weighted by atomic mass is 16.5. The maximum absolute atomic E-state index is 12.6. The van der Waals surface area contributed by atoms with Crippen molar-refractivity contribution in [2.75, 3.05) is 38.2 Å². The van der Waals surface area contributed by atoms with Gasteiger partial charge in [0.1, 0.15) is 11.6 Å². The van der Waals surface area contributed by atoms with E-state index in [1.165, 1.54) is 5.69 Å². The molecule has 1 N–H and O–H groups in total. The summed E-state index contributed by atoms with van der Waals surface area (Å²) in [5.74, 6) is 1.92. The molecule has 1 amide bonds. The Morgan fingerprint density at radius 1 is 1.11 bits per heavy atom. The molecule has 0 saturated carbocycles. The highest BCUT2D eigenvalue weighted by Crippen LogP contribution is 2.22. The number of nitrogens with zero attached hydrogens (tertiary/aromatic N) is 3. The fourth-order valence-electron chi connectivity index (χ4n) is 3.57. The molecule has 2 heterocycles. The molecule has 0 aliphatic carbocycles. The molecule has 0 atom stereocenters. The molecule has 1 aliphatic heterocycles. The van der Waals surface area contributed by atoms with Crippen LogP contribution in [0.4, 0.5) is 5.69 Å². The maximum Gasteiger partial charge on any atom is 0.227 e. The number of aromatic amines is 1. The molecule has 0 bridgehead atoms. The lowest BCUT2D eigenvalue weighted by molar-refractivity contribution is -0.130. The molecule has 3 aromatic rings. The zero-order valence-electron chi connectivity index (χ0n) is 15.7. The molecule has 27 heavy (non-hydrogen) atoms. The average molecular weight is 364 g/mol. The lowest BCUT2D eigenvalue weighted by Gasteiger charge is -2.36. The van der Waals surface area contributed by atoms with Gasteiger partial charge in [0.2, 0.25) is 5.91 Å². The molecule has 0 unspecified atom stereocenters. The second-order valence-corrected chi connectivity index (χ2v) is 6.92. The van der Waals surface area contributed by atoms with E-state index in [2.05, 4.69) is 33.1 Å². The van der Waals surface area contributed by atoms with Crippen LogP contribution in [-0.4, -0.2) is 54.1 Å². The van der Waals surface area contributed by atoms with Crippen LogP contribution in [-0.2, 0) is 11.2 Å². The summed E-state index contributed by atoms with van der Waals surface area (Å²) < 4.78 is 5.17. The number of imidazole rings is 1. The van der Waals surface area contributed by atoms with Gasteiger partial charge in [-0.2, -0.15) is 0 Å². The number of fused-ring (bicyclic) bond motifs is 1. The number of carbonyl (C=O) groups excluding carboxylic acids is 1. The Bertz CT molecular complexity index is 940. The van der Waals surface area contributed by atoms with Gasteiger partial charge in [-0.15, -0.1) is 0 Å². The van der Waals surface area contributed by atoms with Crippen molar-refractivity contribution in [3.8, 4) is 5.75 Å². The van der Waals surface area contributed by atoms with Gasteiger partial charge in [0.25, 0.3) is 0 Å². The largest absolute Gasteiger partial charge is 0.497 e. The van der Waals surface area contributed by atoms with E-state index in [9.17, 15) is 4.79 Å². The lowest BCUT2D eigenvalue weighted by atomic mass is 10.1.